The van der Waals surface area contributed by atoms with Crippen LogP contribution in [0.15, 0.2) is 59.8 Å². The first-order valence-corrected chi connectivity index (χ1v) is 10.3. The second-order valence-electron chi connectivity index (χ2n) is 7.77. The smallest absolute Gasteiger partial charge is 0.356 e. The van der Waals surface area contributed by atoms with Crippen LogP contribution >= 0.6 is 0 Å². The van der Waals surface area contributed by atoms with Gasteiger partial charge in [0.2, 0.25) is 0 Å². The SMILES string of the molecule is Cc1noc(C)c1-c1cnc2c(c1)c(-c1cncc(C(=O)O)n1)cn2C(C)c1ccccn1. The molecule has 0 amide bonds. The first kappa shape index (κ1) is 20.5. The Kier molecular flexibility index (Phi) is 4.93. The van der Waals surface area contributed by atoms with Crippen molar-refractivity contribution in [3.05, 3.63) is 78.1 Å². The molecular formula is C24H20N6O3. The number of pyridine rings is 2. The van der Waals surface area contributed by atoms with Gasteiger partial charge in [-0.3, -0.25) is 9.97 Å². The van der Waals surface area contributed by atoms with Crippen LogP contribution in [0.25, 0.3) is 33.4 Å². The van der Waals surface area contributed by atoms with Crippen LogP contribution in [0.2, 0.25) is 0 Å². The number of rotatable bonds is 5. The third-order valence-electron chi connectivity index (χ3n) is 5.65. The summed E-state index contributed by atoms with van der Waals surface area (Å²) >= 11 is 0. The highest BCUT2D eigenvalue weighted by atomic mass is 16.5. The van der Waals surface area contributed by atoms with Crippen LogP contribution < -0.4 is 0 Å². The first-order valence-electron chi connectivity index (χ1n) is 10.3. The standard InChI is InChI=1S/C24H20N6O3/c1-13-22(15(3)33-29-13)16-8-17-18(20-10-25-11-21(28-20)24(31)32)12-30(23(17)27-9-16)14(2)19-6-4-5-7-26-19/h4-12,14H,1-3H3,(H,31,32). The molecular weight excluding hydrogens is 420 g/mol. The van der Waals surface area contributed by atoms with Crippen molar-refractivity contribution in [2.45, 2.75) is 26.8 Å². The van der Waals surface area contributed by atoms with Crippen LogP contribution in [-0.2, 0) is 0 Å². The lowest BCUT2D eigenvalue weighted by Gasteiger charge is -2.14. The average Bonchev–Trinajstić information content (AvgIpc) is 3.38. The molecule has 1 atom stereocenters. The normalized spacial score (nSPS) is 12.2. The molecule has 0 radical (unpaired) electrons. The highest BCUT2D eigenvalue weighted by molar-refractivity contribution is 5.96. The molecule has 0 spiro atoms. The van der Waals surface area contributed by atoms with Crippen molar-refractivity contribution in [1.82, 2.24) is 29.7 Å². The highest BCUT2D eigenvalue weighted by Crippen LogP contribution is 2.35. The lowest BCUT2D eigenvalue weighted by Crippen LogP contribution is -2.07. The zero-order valence-corrected chi connectivity index (χ0v) is 18.2. The summed E-state index contributed by atoms with van der Waals surface area (Å²) in [5.41, 5.74) is 5.15. The summed E-state index contributed by atoms with van der Waals surface area (Å²) in [4.78, 5) is 29.2. The molecule has 0 aliphatic rings. The number of carboxylic acid groups (broad SMARTS) is 1. The maximum absolute atomic E-state index is 11.5. The van der Waals surface area contributed by atoms with Crippen molar-refractivity contribution in [3.63, 3.8) is 0 Å². The average molecular weight is 440 g/mol. The Balaban J connectivity index is 1.76. The Morgan fingerprint density at radius 2 is 2.00 bits per heavy atom. The van der Waals surface area contributed by atoms with Gasteiger partial charge in [-0.25, -0.2) is 14.8 Å². The second-order valence-corrected chi connectivity index (χ2v) is 7.77. The number of aromatic nitrogens is 6. The van der Waals surface area contributed by atoms with Gasteiger partial charge in [-0.2, -0.15) is 0 Å². The molecule has 9 heteroatoms. The lowest BCUT2D eigenvalue weighted by molar-refractivity contribution is 0.0690. The number of aryl methyl sites for hydroxylation is 2. The number of aromatic carboxylic acids is 1. The third kappa shape index (κ3) is 3.53. The van der Waals surface area contributed by atoms with Crippen LogP contribution in [0.5, 0.6) is 0 Å². The summed E-state index contributed by atoms with van der Waals surface area (Å²) < 4.78 is 7.35. The molecule has 5 heterocycles. The Hall–Kier alpha value is -4.40. The van der Waals surface area contributed by atoms with Crippen molar-refractivity contribution in [3.8, 4) is 22.4 Å². The Labute approximate surface area is 188 Å². The highest BCUT2D eigenvalue weighted by Gasteiger charge is 2.21. The number of fused-ring (bicyclic) bond motifs is 1. The van der Waals surface area contributed by atoms with Gasteiger partial charge in [0.1, 0.15) is 11.4 Å². The van der Waals surface area contributed by atoms with Crippen LogP contribution in [0.4, 0.5) is 0 Å². The predicted octanol–water partition coefficient (Wildman–Crippen LogP) is 4.47. The lowest BCUT2D eigenvalue weighted by atomic mass is 10.0. The summed E-state index contributed by atoms with van der Waals surface area (Å²) in [7, 11) is 0. The second kappa shape index (κ2) is 7.94. The van der Waals surface area contributed by atoms with Gasteiger partial charge >= 0.3 is 5.97 Å². The Morgan fingerprint density at radius 1 is 1.15 bits per heavy atom. The minimum atomic E-state index is -1.13. The minimum Gasteiger partial charge on any atom is -0.476 e. The summed E-state index contributed by atoms with van der Waals surface area (Å²) in [5, 5.41) is 14.3. The van der Waals surface area contributed by atoms with Gasteiger partial charge in [0.05, 0.1) is 35.5 Å². The van der Waals surface area contributed by atoms with E-state index < -0.39 is 5.97 Å². The fourth-order valence-electron chi connectivity index (χ4n) is 4.03. The molecule has 0 bridgehead atoms. The van der Waals surface area contributed by atoms with Crippen LogP contribution in [0.3, 0.4) is 0 Å². The van der Waals surface area contributed by atoms with Crippen LogP contribution in [0, 0.1) is 13.8 Å². The summed E-state index contributed by atoms with van der Waals surface area (Å²) in [6, 6.07) is 7.66. The van der Waals surface area contributed by atoms with Gasteiger partial charge in [0.15, 0.2) is 5.69 Å². The van der Waals surface area contributed by atoms with Gasteiger partial charge < -0.3 is 14.2 Å². The van der Waals surface area contributed by atoms with Crippen molar-refractivity contribution in [2.75, 3.05) is 0 Å². The van der Waals surface area contributed by atoms with Crippen LogP contribution in [0.1, 0.15) is 40.6 Å². The van der Waals surface area contributed by atoms with Gasteiger partial charge in [-0.1, -0.05) is 11.2 Å². The number of hydrogen-bond donors (Lipinski definition) is 1. The molecule has 0 fully saturated rings. The molecule has 9 nitrogen and oxygen atoms in total. The number of carboxylic acids is 1. The molecule has 5 aromatic rings. The first-order chi connectivity index (χ1) is 15.9. The summed E-state index contributed by atoms with van der Waals surface area (Å²) in [6.07, 6.45) is 8.25. The molecule has 0 aliphatic heterocycles. The van der Waals surface area contributed by atoms with E-state index in [-0.39, 0.29) is 11.7 Å². The van der Waals surface area contributed by atoms with E-state index in [9.17, 15) is 9.90 Å². The Morgan fingerprint density at radius 3 is 2.70 bits per heavy atom. The molecule has 0 aliphatic carbocycles. The van der Waals surface area contributed by atoms with Gasteiger partial charge in [0.25, 0.3) is 0 Å². The third-order valence-corrected chi connectivity index (χ3v) is 5.65. The minimum absolute atomic E-state index is 0.115. The monoisotopic (exact) mass is 440 g/mol. The van der Waals surface area contributed by atoms with E-state index in [4.69, 9.17) is 9.51 Å². The van der Waals surface area contributed by atoms with E-state index in [0.29, 0.717) is 11.5 Å². The van der Waals surface area contributed by atoms with E-state index in [1.54, 1.807) is 18.6 Å². The van der Waals surface area contributed by atoms with Crippen molar-refractivity contribution in [2.24, 2.45) is 0 Å². The molecule has 5 rings (SSSR count). The molecule has 0 aromatic carbocycles. The zero-order chi connectivity index (χ0) is 23.1. The fourth-order valence-corrected chi connectivity index (χ4v) is 4.03. The molecule has 0 saturated heterocycles. The van der Waals surface area contributed by atoms with Crippen molar-refractivity contribution < 1.29 is 14.4 Å². The van der Waals surface area contributed by atoms with Gasteiger partial charge in [-0.05, 0) is 39.0 Å². The molecule has 0 saturated carbocycles. The van der Waals surface area contributed by atoms with Gasteiger partial charge in [0, 0.05) is 40.7 Å². The summed E-state index contributed by atoms with van der Waals surface area (Å²) in [6.45, 7) is 5.78. The van der Waals surface area contributed by atoms with E-state index >= 15 is 0 Å². The molecule has 1 N–H and O–H groups in total. The summed E-state index contributed by atoms with van der Waals surface area (Å²) in [5.74, 6) is -0.436. The quantitative estimate of drug-likeness (QED) is 0.425. The van der Waals surface area contributed by atoms with Crippen molar-refractivity contribution in [1.29, 1.82) is 0 Å². The van der Waals surface area contributed by atoms with Crippen molar-refractivity contribution >= 4 is 17.0 Å². The molecule has 33 heavy (non-hydrogen) atoms. The zero-order valence-electron chi connectivity index (χ0n) is 18.2. The van der Waals surface area contributed by atoms with E-state index in [1.165, 1.54) is 6.20 Å². The van der Waals surface area contributed by atoms with Gasteiger partial charge in [-0.15, -0.1) is 0 Å². The number of carbonyl (C=O) groups is 1. The number of nitrogens with zero attached hydrogens (tertiary/aromatic N) is 6. The predicted molar refractivity (Wildman–Crippen MR) is 121 cm³/mol. The van der Waals surface area contributed by atoms with E-state index in [1.807, 2.05) is 55.8 Å². The number of hydrogen-bond acceptors (Lipinski definition) is 7. The topological polar surface area (TPSA) is 120 Å². The largest absolute Gasteiger partial charge is 0.476 e. The van der Waals surface area contributed by atoms with E-state index in [2.05, 4.69) is 20.1 Å². The maximum Gasteiger partial charge on any atom is 0.356 e. The maximum atomic E-state index is 11.5. The fraction of sp³-hybridized carbons (Fsp3) is 0.167. The molecule has 164 valence electrons. The molecule has 1 unspecified atom stereocenters. The van der Waals surface area contributed by atoms with Crippen LogP contribution in [-0.4, -0.2) is 40.7 Å². The Bertz CT molecular complexity index is 1470. The molecule has 5 aromatic heterocycles. The van der Waals surface area contributed by atoms with E-state index in [0.717, 1.165) is 39.1 Å².